The van der Waals surface area contributed by atoms with Crippen LogP contribution in [-0.4, -0.2) is 71.9 Å². The van der Waals surface area contributed by atoms with Crippen molar-refractivity contribution in [2.75, 3.05) is 26.2 Å². The number of terminal acetylenes is 1. The summed E-state index contributed by atoms with van der Waals surface area (Å²) in [5.41, 5.74) is 2.35. The molecule has 2 amide bonds. The summed E-state index contributed by atoms with van der Waals surface area (Å²) < 4.78 is 44.1. The van der Waals surface area contributed by atoms with E-state index < -0.39 is 11.9 Å². The van der Waals surface area contributed by atoms with Crippen molar-refractivity contribution in [3.05, 3.63) is 71.1 Å². The molecule has 3 aromatic heterocycles. The predicted molar refractivity (Wildman–Crippen MR) is 166 cm³/mol. The van der Waals surface area contributed by atoms with Crippen molar-refractivity contribution in [1.82, 2.24) is 33.9 Å². The number of amides is 2. The molecular weight excluding hydrogens is 595 g/mol. The summed E-state index contributed by atoms with van der Waals surface area (Å²) in [5.74, 6) is 2.98. The fourth-order valence-corrected chi connectivity index (χ4v) is 6.78. The van der Waals surface area contributed by atoms with Gasteiger partial charge in [-0.2, -0.15) is 18.3 Å². The van der Waals surface area contributed by atoms with E-state index in [4.69, 9.17) is 6.42 Å². The van der Waals surface area contributed by atoms with Gasteiger partial charge in [0.25, 0.3) is 5.91 Å². The van der Waals surface area contributed by atoms with E-state index in [1.165, 1.54) is 25.0 Å². The van der Waals surface area contributed by atoms with Gasteiger partial charge in [0.2, 0.25) is 5.91 Å². The first-order valence-electron chi connectivity index (χ1n) is 15.6. The van der Waals surface area contributed by atoms with E-state index in [0.29, 0.717) is 55.4 Å². The van der Waals surface area contributed by atoms with Crippen LogP contribution >= 0.6 is 0 Å². The van der Waals surface area contributed by atoms with Crippen LogP contribution in [0.2, 0.25) is 0 Å². The van der Waals surface area contributed by atoms with Gasteiger partial charge in [0.05, 0.1) is 23.1 Å². The van der Waals surface area contributed by atoms with Gasteiger partial charge in [-0.3, -0.25) is 23.7 Å². The molecule has 1 saturated heterocycles. The van der Waals surface area contributed by atoms with Crippen molar-refractivity contribution in [3.63, 3.8) is 0 Å². The maximum Gasteiger partial charge on any atom is 0.435 e. The second-order valence-corrected chi connectivity index (χ2v) is 12.3. The van der Waals surface area contributed by atoms with E-state index in [0.717, 1.165) is 35.1 Å². The molecule has 0 radical (unpaired) electrons. The smallest absolute Gasteiger partial charge is 0.339 e. The molecule has 6 rings (SSSR count). The third-order valence-corrected chi connectivity index (χ3v) is 9.26. The van der Waals surface area contributed by atoms with Gasteiger partial charge in [0.1, 0.15) is 6.54 Å². The lowest BCUT2D eigenvalue weighted by atomic mass is 9.79. The first-order valence-corrected chi connectivity index (χ1v) is 15.6. The molecule has 0 unspecified atom stereocenters. The number of hydrogen-bond acceptors (Lipinski definition) is 5. The Morgan fingerprint density at radius 1 is 1.07 bits per heavy atom. The van der Waals surface area contributed by atoms with Gasteiger partial charge in [-0.25, -0.2) is 4.98 Å². The number of carbonyl (C=O) groups is 2. The summed E-state index contributed by atoms with van der Waals surface area (Å²) in [6, 6.07) is 5.60. The predicted octanol–water partition coefficient (Wildman–Crippen LogP) is 5.25. The largest absolute Gasteiger partial charge is 0.435 e. The van der Waals surface area contributed by atoms with Gasteiger partial charge >= 0.3 is 6.18 Å². The number of nitrogens with zero attached hydrogens (tertiary/aromatic N) is 7. The highest BCUT2D eigenvalue weighted by molar-refractivity contribution is 5.96. The Morgan fingerprint density at radius 2 is 1.80 bits per heavy atom. The van der Waals surface area contributed by atoms with Gasteiger partial charge in [-0.15, -0.1) is 6.42 Å². The number of fused-ring (bicyclic) bond motifs is 1. The summed E-state index contributed by atoms with van der Waals surface area (Å²) in [6.07, 6.45) is 11.1. The third-order valence-electron chi connectivity index (χ3n) is 9.26. The summed E-state index contributed by atoms with van der Waals surface area (Å²) in [5, 5.41) is 3.67. The number of aromatic nitrogens is 5. The second-order valence-electron chi connectivity index (χ2n) is 12.3. The van der Waals surface area contributed by atoms with E-state index >= 15 is 0 Å². The van der Waals surface area contributed by atoms with E-state index in [1.54, 1.807) is 16.7 Å². The number of benzene rings is 1. The molecule has 1 aromatic carbocycles. The van der Waals surface area contributed by atoms with Crippen molar-refractivity contribution in [2.24, 2.45) is 11.8 Å². The topological polar surface area (TPSA) is 88.6 Å². The lowest BCUT2D eigenvalue weighted by molar-refractivity contribution is -0.141. The number of carbonyl (C=O) groups excluding carboxylic acids is 2. The SMILES string of the molecule is C#CCn1cc(-c2cnc3c(Cc4ccc(C(=O)N5CCN(C(=O)[C@H]6CCCC[C@H]6C)CC5)c(C)c4)nccn23)c(C(F)(F)F)n1. The van der Waals surface area contributed by atoms with Crippen LogP contribution in [0.5, 0.6) is 0 Å². The average molecular weight is 632 g/mol. The van der Waals surface area contributed by atoms with E-state index in [1.807, 2.05) is 28.9 Å². The number of imidazole rings is 1. The van der Waals surface area contributed by atoms with Gasteiger partial charge in [0, 0.05) is 62.7 Å². The zero-order valence-electron chi connectivity index (χ0n) is 25.9. The molecule has 9 nitrogen and oxygen atoms in total. The number of aryl methyl sites for hydroxylation is 1. The minimum Gasteiger partial charge on any atom is -0.339 e. The maximum atomic E-state index is 13.8. The minimum atomic E-state index is -4.68. The van der Waals surface area contributed by atoms with E-state index in [2.05, 4.69) is 27.9 Å². The van der Waals surface area contributed by atoms with Crippen LogP contribution < -0.4 is 0 Å². The molecule has 2 fully saturated rings. The molecule has 4 heterocycles. The molecule has 0 spiro atoms. The van der Waals surface area contributed by atoms with E-state index in [9.17, 15) is 22.8 Å². The molecule has 1 aliphatic carbocycles. The lowest BCUT2D eigenvalue weighted by Crippen LogP contribution is -2.52. The van der Waals surface area contributed by atoms with E-state index in [-0.39, 0.29) is 35.5 Å². The van der Waals surface area contributed by atoms with Crippen molar-refractivity contribution in [2.45, 2.75) is 58.7 Å². The van der Waals surface area contributed by atoms with Crippen LogP contribution in [0.1, 0.15) is 65.5 Å². The van der Waals surface area contributed by atoms with Crippen LogP contribution in [0.3, 0.4) is 0 Å². The molecule has 1 aliphatic heterocycles. The van der Waals surface area contributed by atoms with Crippen LogP contribution in [0.15, 0.2) is 43.0 Å². The molecule has 12 heteroatoms. The van der Waals surface area contributed by atoms with Gasteiger partial charge in [0.15, 0.2) is 11.3 Å². The molecule has 240 valence electrons. The Balaban J connectivity index is 1.16. The highest BCUT2D eigenvalue weighted by Gasteiger charge is 2.38. The fourth-order valence-electron chi connectivity index (χ4n) is 6.78. The minimum absolute atomic E-state index is 0.0637. The van der Waals surface area contributed by atoms with Crippen molar-refractivity contribution in [3.8, 4) is 23.6 Å². The Kier molecular flexibility index (Phi) is 8.59. The molecule has 1 saturated carbocycles. The average Bonchev–Trinajstić information content (AvgIpc) is 3.66. The summed E-state index contributed by atoms with van der Waals surface area (Å²) in [7, 11) is 0. The van der Waals surface area contributed by atoms with Gasteiger partial charge in [-0.05, 0) is 42.9 Å². The number of alkyl halides is 3. The number of hydrogen-bond donors (Lipinski definition) is 0. The Bertz CT molecular complexity index is 1810. The zero-order valence-corrected chi connectivity index (χ0v) is 25.9. The van der Waals surface area contributed by atoms with Crippen molar-refractivity contribution >= 4 is 17.5 Å². The van der Waals surface area contributed by atoms with Crippen molar-refractivity contribution in [1.29, 1.82) is 0 Å². The van der Waals surface area contributed by atoms with Gasteiger partial charge < -0.3 is 9.80 Å². The molecule has 46 heavy (non-hydrogen) atoms. The standard InChI is InChI=1S/C34H36F3N7O2/c1-4-12-43-21-27(30(40-43)34(35,36)37)29-20-39-31-28(38-11-13-44(29)31)19-24-9-10-26(23(3)18-24)33(46)42-16-14-41(15-17-42)32(45)25-8-6-5-7-22(25)2/h1,9-11,13,18,20-22,25H,5-8,12,14-17,19H2,2-3H3/t22-,25+/m1/s1. The zero-order chi connectivity index (χ0) is 32.6. The number of piperazine rings is 1. The molecule has 0 bridgehead atoms. The van der Waals surface area contributed by atoms with Crippen LogP contribution in [0, 0.1) is 31.1 Å². The van der Waals surface area contributed by atoms with Crippen LogP contribution in [0.4, 0.5) is 13.2 Å². The Morgan fingerprint density at radius 3 is 2.50 bits per heavy atom. The second kappa shape index (κ2) is 12.6. The first kappa shape index (κ1) is 31.3. The van der Waals surface area contributed by atoms with Crippen molar-refractivity contribution < 1.29 is 22.8 Å². The third kappa shape index (κ3) is 6.10. The lowest BCUT2D eigenvalue weighted by Gasteiger charge is -2.38. The molecule has 4 aromatic rings. The number of rotatable bonds is 6. The van der Waals surface area contributed by atoms with Crippen LogP contribution in [0.25, 0.3) is 16.9 Å². The summed E-state index contributed by atoms with van der Waals surface area (Å²) in [6.45, 7) is 6.04. The summed E-state index contributed by atoms with van der Waals surface area (Å²) in [4.78, 5) is 39.2. The highest BCUT2D eigenvalue weighted by atomic mass is 19.4. The summed E-state index contributed by atoms with van der Waals surface area (Å²) >= 11 is 0. The molecular formula is C34H36F3N7O2. The Hall–Kier alpha value is -4.66. The highest BCUT2D eigenvalue weighted by Crippen LogP contribution is 2.37. The monoisotopic (exact) mass is 631 g/mol. The quantitative estimate of drug-likeness (QED) is 0.271. The maximum absolute atomic E-state index is 13.8. The normalized spacial score (nSPS) is 19.0. The first-order chi connectivity index (χ1) is 22.0. The van der Waals surface area contributed by atoms with Crippen LogP contribution in [-0.2, 0) is 23.9 Å². The fraction of sp³-hybridized carbons (Fsp3) is 0.441. The Labute approximate surface area is 265 Å². The molecule has 2 atom stereocenters. The number of halogens is 3. The molecule has 2 aliphatic rings. The molecule has 0 N–H and O–H groups in total. The van der Waals surface area contributed by atoms with Gasteiger partial charge in [-0.1, -0.05) is 37.8 Å².